The van der Waals surface area contributed by atoms with Crippen LogP contribution in [0.25, 0.3) is 5.57 Å². The summed E-state index contributed by atoms with van der Waals surface area (Å²) in [5.74, 6) is -0.415. The predicted molar refractivity (Wildman–Crippen MR) is 52.1 cm³/mol. The monoisotopic (exact) mass is 195 g/mol. The van der Waals surface area contributed by atoms with Crippen molar-refractivity contribution in [2.75, 3.05) is 0 Å². The number of allylic oxidation sites excluding steroid dienone is 2. The van der Waals surface area contributed by atoms with Crippen LogP contribution in [-0.4, -0.2) is 10.1 Å². The third-order valence-electron chi connectivity index (χ3n) is 2.65. The molecule has 0 saturated heterocycles. The van der Waals surface area contributed by atoms with Gasteiger partial charge in [-0.25, -0.2) is 4.79 Å². The van der Waals surface area contributed by atoms with E-state index in [1.165, 1.54) is 12.0 Å². The fraction of sp³-hybridized carbons (Fsp3) is 0.500. The van der Waals surface area contributed by atoms with Crippen molar-refractivity contribution in [3.8, 4) is 5.88 Å². The Hall–Kier alpha value is -1.45. The molecule has 2 N–H and O–H groups in total. The molecule has 0 aromatic carbocycles. The van der Waals surface area contributed by atoms with Crippen LogP contribution in [0.15, 0.2) is 14.8 Å². The summed E-state index contributed by atoms with van der Waals surface area (Å²) in [7, 11) is 0. The SMILES string of the molecule is CC1=C(c2oc(=O)[nH]c2O)CCCC1. The van der Waals surface area contributed by atoms with E-state index < -0.39 is 5.76 Å². The van der Waals surface area contributed by atoms with Crippen molar-refractivity contribution in [2.45, 2.75) is 32.6 Å². The quantitative estimate of drug-likeness (QED) is 0.720. The van der Waals surface area contributed by atoms with Gasteiger partial charge < -0.3 is 9.52 Å². The van der Waals surface area contributed by atoms with Crippen LogP contribution in [0.2, 0.25) is 0 Å². The lowest BCUT2D eigenvalue weighted by atomic mass is 9.91. The van der Waals surface area contributed by atoms with Gasteiger partial charge in [0.25, 0.3) is 0 Å². The highest BCUT2D eigenvalue weighted by molar-refractivity contribution is 5.68. The molecule has 14 heavy (non-hydrogen) atoms. The topological polar surface area (TPSA) is 66.2 Å². The number of aromatic nitrogens is 1. The zero-order chi connectivity index (χ0) is 10.1. The second-order valence-corrected chi connectivity index (χ2v) is 3.66. The molecular weight excluding hydrogens is 182 g/mol. The fourth-order valence-electron chi connectivity index (χ4n) is 1.89. The van der Waals surface area contributed by atoms with Crippen molar-refractivity contribution >= 4 is 5.57 Å². The zero-order valence-corrected chi connectivity index (χ0v) is 8.09. The molecule has 0 fully saturated rings. The molecule has 1 heterocycles. The van der Waals surface area contributed by atoms with E-state index in [-0.39, 0.29) is 5.88 Å². The van der Waals surface area contributed by atoms with E-state index in [9.17, 15) is 9.90 Å². The highest BCUT2D eigenvalue weighted by atomic mass is 16.4. The first-order chi connectivity index (χ1) is 6.68. The van der Waals surface area contributed by atoms with E-state index in [1.807, 2.05) is 6.92 Å². The van der Waals surface area contributed by atoms with Gasteiger partial charge >= 0.3 is 5.76 Å². The number of rotatable bonds is 1. The molecule has 1 aliphatic rings. The molecule has 0 aliphatic heterocycles. The average molecular weight is 195 g/mol. The normalized spacial score (nSPS) is 17.5. The van der Waals surface area contributed by atoms with E-state index in [0.29, 0.717) is 5.76 Å². The maximum absolute atomic E-state index is 10.9. The van der Waals surface area contributed by atoms with Crippen LogP contribution >= 0.6 is 0 Å². The third kappa shape index (κ3) is 1.47. The molecule has 0 radical (unpaired) electrons. The number of hydrogen-bond acceptors (Lipinski definition) is 3. The maximum Gasteiger partial charge on any atom is 0.419 e. The second kappa shape index (κ2) is 3.36. The van der Waals surface area contributed by atoms with Gasteiger partial charge in [0.05, 0.1) is 0 Å². The molecule has 76 valence electrons. The first kappa shape index (κ1) is 9.12. The fourth-order valence-corrected chi connectivity index (χ4v) is 1.89. The lowest BCUT2D eigenvalue weighted by Gasteiger charge is -2.15. The second-order valence-electron chi connectivity index (χ2n) is 3.66. The smallest absolute Gasteiger partial charge is 0.419 e. The molecule has 1 aromatic rings. The molecule has 1 aliphatic carbocycles. The van der Waals surface area contributed by atoms with Crippen molar-refractivity contribution in [3.05, 3.63) is 21.9 Å². The highest BCUT2D eigenvalue weighted by Gasteiger charge is 2.18. The van der Waals surface area contributed by atoms with E-state index >= 15 is 0 Å². The number of oxazole rings is 1. The van der Waals surface area contributed by atoms with Crippen LogP contribution in [0.1, 0.15) is 38.4 Å². The first-order valence-electron chi connectivity index (χ1n) is 4.79. The van der Waals surface area contributed by atoms with E-state index in [1.54, 1.807) is 0 Å². The van der Waals surface area contributed by atoms with Gasteiger partial charge in [-0.15, -0.1) is 0 Å². The number of aromatic hydroxyl groups is 1. The Morgan fingerprint density at radius 3 is 2.64 bits per heavy atom. The molecule has 1 aromatic heterocycles. The molecule has 0 bridgehead atoms. The average Bonchev–Trinajstić information content (AvgIpc) is 2.46. The molecule has 2 rings (SSSR count). The Labute approximate surface area is 81.3 Å². The van der Waals surface area contributed by atoms with Crippen molar-refractivity contribution in [3.63, 3.8) is 0 Å². The summed E-state index contributed by atoms with van der Waals surface area (Å²) in [6.07, 6.45) is 4.15. The standard InChI is InChI=1S/C10H13NO3/c1-6-4-2-3-5-7(6)8-9(12)11-10(13)14-8/h12H,2-5H2,1H3,(H,11,13). The van der Waals surface area contributed by atoms with Gasteiger partial charge in [-0.05, 0) is 38.2 Å². The van der Waals surface area contributed by atoms with Crippen LogP contribution in [0, 0.1) is 0 Å². The van der Waals surface area contributed by atoms with Crippen molar-refractivity contribution in [2.24, 2.45) is 0 Å². The Kier molecular flexibility index (Phi) is 2.19. The minimum absolute atomic E-state index is 0.147. The number of hydrogen-bond donors (Lipinski definition) is 2. The Morgan fingerprint density at radius 2 is 2.07 bits per heavy atom. The number of nitrogens with one attached hydrogen (secondary N) is 1. The summed E-state index contributed by atoms with van der Waals surface area (Å²) in [6.45, 7) is 2.01. The molecule has 4 heteroatoms. The molecule has 0 saturated carbocycles. The summed E-state index contributed by atoms with van der Waals surface area (Å²) >= 11 is 0. The van der Waals surface area contributed by atoms with Gasteiger partial charge in [-0.3, -0.25) is 4.98 Å². The first-order valence-corrected chi connectivity index (χ1v) is 4.79. The lowest BCUT2D eigenvalue weighted by molar-refractivity contribution is 0.439. The summed E-state index contributed by atoms with van der Waals surface area (Å²) < 4.78 is 4.91. The lowest BCUT2D eigenvalue weighted by Crippen LogP contribution is -1.97. The largest absolute Gasteiger partial charge is 0.492 e. The summed E-state index contributed by atoms with van der Waals surface area (Å²) in [4.78, 5) is 13.1. The minimum Gasteiger partial charge on any atom is -0.492 e. The van der Waals surface area contributed by atoms with Crippen LogP contribution in [0.4, 0.5) is 0 Å². The number of aromatic amines is 1. The van der Waals surface area contributed by atoms with E-state index in [4.69, 9.17) is 4.42 Å². The Bertz CT molecular complexity index is 425. The van der Waals surface area contributed by atoms with Crippen molar-refractivity contribution in [1.29, 1.82) is 0 Å². The van der Waals surface area contributed by atoms with Gasteiger partial charge in [-0.1, -0.05) is 5.57 Å². The molecule has 0 unspecified atom stereocenters. The predicted octanol–water partition coefficient (Wildman–Crippen LogP) is 2.02. The van der Waals surface area contributed by atoms with Crippen LogP contribution in [-0.2, 0) is 0 Å². The van der Waals surface area contributed by atoms with Crippen LogP contribution in [0.5, 0.6) is 5.88 Å². The molecule has 4 nitrogen and oxygen atoms in total. The number of H-pyrrole nitrogens is 1. The third-order valence-corrected chi connectivity index (χ3v) is 2.65. The molecule has 0 spiro atoms. The van der Waals surface area contributed by atoms with Crippen LogP contribution < -0.4 is 5.76 Å². The Morgan fingerprint density at radius 1 is 1.36 bits per heavy atom. The van der Waals surface area contributed by atoms with Gasteiger partial charge in [-0.2, -0.15) is 0 Å². The van der Waals surface area contributed by atoms with Gasteiger partial charge in [0.15, 0.2) is 5.76 Å². The highest BCUT2D eigenvalue weighted by Crippen LogP contribution is 2.34. The maximum atomic E-state index is 10.9. The van der Waals surface area contributed by atoms with Crippen molar-refractivity contribution < 1.29 is 9.52 Å². The van der Waals surface area contributed by atoms with E-state index in [2.05, 4.69) is 4.98 Å². The van der Waals surface area contributed by atoms with E-state index in [0.717, 1.165) is 24.8 Å². The Balaban J connectivity index is 2.48. The van der Waals surface area contributed by atoms with Crippen LogP contribution in [0.3, 0.4) is 0 Å². The summed E-state index contributed by atoms with van der Waals surface area (Å²) in [5, 5.41) is 9.42. The molecule has 0 atom stereocenters. The molecular formula is C10H13NO3. The minimum atomic E-state index is -0.594. The van der Waals surface area contributed by atoms with Gasteiger partial charge in [0, 0.05) is 0 Å². The molecule has 0 amide bonds. The van der Waals surface area contributed by atoms with Gasteiger partial charge in [0.2, 0.25) is 5.88 Å². The summed E-state index contributed by atoms with van der Waals surface area (Å²) in [5.41, 5.74) is 2.18. The summed E-state index contributed by atoms with van der Waals surface area (Å²) in [6, 6.07) is 0. The zero-order valence-electron chi connectivity index (χ0n) is 8.09. The van der Waals surface area contributed by atoms with Gasteiger partial charge in [0.1, 0.15) is 0 Å². The van der Waals surface area contributed by atoms with Crippen molar-refractivity contribution in [1.82, 2.24) is 4.98 Å².